The summed E-state index contributed by atoms with van der Waals surface area (Å²) in [4.78, 5) is 0. The minimum absolute atomic E-state index is 0.242. The van der Waals surface area contributed by atoms with Crippen LogP contribution >= 0.6 is 0 Å². The zero-order valence-corrected chi connectivity index (χ0v) is 11.8. The molecule has 2 heterocycles. The van der Waals surface area contributed by atoms with Gasteiger partial charge in [0, 0.05) is 0 Å². The smallest absolute Gasteiger partial charge is 0.140 e. The van der Waals surface area contributed by atoms with Gasteiger partial charge in [0.25, 0.3) is 0 Å². The van der Waals surface area contributed by atoms with Gasteiger partial charge < -0.3 is 14.2 Å². The Hall–Kier alpha value is -1.68. The number of benzene rings is 2. The highest BCUT2D eigenvalue weighted by molar-refractivity contribution is 5.28. The van der Waals surface area contributed by atoms with Gasteiger partial charge in [-0.05, 0) is 11.1 Å². The molecule has 3 heteroatoms. The van der Waals surface area contributed by atoms with Gasteiger partial charge in [-0.15, -0.1) is 0 Å². The molecule has 0 amide bonds. The molecule has 2 unspecified atom stereocenters. The van der Waals surface area contributed by atoms with Crippen LogP contribution in [0.4, 0.5) is 0 Å². The third kappa shape index (κ3) is 2.48. The molecule has 2 aliphatic rings. The van der Waals surface area contributed by atoms with Crippen molar-refractivity contribution in [2.24, 2.45) is 0 Å². The molecular formula is C18H18O3. The van der Waals surface area contributed by atoms with Crippen molar-refractivity contribution in [1.82, 2.24) is 0 Å². The molecule has 0 radical (unpaired) electrons. The zero-order valence-electron chi connectivity index (χ0n) is 11.8. The van der Waals surface area contributed by atoms with E-state index in [4.69, 9.17) is 14.2 Å². The molecule has 2 aromatic rings. The Balaban J connectivity index is 1.39. The first-order chi connectivity index (χ1) is 10.3. The van der Waals surface area contributed by atoms with E-state index in [1.54, 1.807) is 0 Å². The van der Waals surface area contributed by atoms with E-state index in [9.17, 15) is 0 Å². The summed E-state index contributed by atoms with van der Waals surface area (Å²) in [6.07, 6.45) is 0. The number of rotatable bonds is 6. The van der Waals surface area contributed by atoms with Crippen LogP contribution in [0.5, 0.6) is 0 Å². The van der Waals surface area contributed by atoms with E-state index in [1.807, 2.05) is 36.4 Å². The van der Waals surface area contributed by atoms with Crippen LogP contribution in [0.15, 0.2) is 60.7 Å². The van der Waals surface area contributed by atoms with Crippen LogP contribution in [0, 0.1) is 0 Å². The average molecular weight is 282 g/mol. The number of hydrogen-bond donors (Lipinski definition) is 0. The van der Waals surface area contributed by atoms with Crippen LogP contribution < -0.4 is 0 Å². The maximum Gasteiger partial charge on any atom is 0.140 e. The fraction of sp³-hybridized carbons (Fsp3) is 0.333. The largest absolute Gasteiger partial charge is 0.375 e. The molecular weight excluding hydrogens is 264 g/mol. The molecule has 0 aromatic heterocycles. The lowest BCUT2D eigenvalue weighted by Gasteiger charge is -2.16. The minimum atomic E-state index is -0.242. The molecule has 2 atom stereocenters. The van der Waals surface area contributed by atoms with Gasteiger partial charge in [-0.2, -0.15) is 0 Å². The molecule has 0 N–H and O–H groups in total. The molecule has 4 rings (SSSR count). The second-order valence-corrected chi connectivity index (χ2v) is 5.79. The maximum atomic E-state index is 5.95. The molecule has 2 aromatic carbocycles. The molecule has 3 nitrogen and oxygen atoms in total. The van der Waals surface area contributed by atoms with Gasteiger partial charge in [0.05, 0.1) is 26.4 Å². The van der Waals surface area contributed by atoms with E-state index < -0.39 is 0 Å². The average Bonchev–Trinajstić information content (AvgIpc) is 3.46. The van der Waals surface area contributed by atoms with Crippen molar-refractivity contribution in [2.75, 3.05) is 26.4 Å². The topological polar surface area (TPSA) is 34.3 Å². The van der Waals surface area contributed by atoms with E-state index in [2.05, 4.69) is 24.3 Å². The lowest BCUT2D eigenvalue weighted by atomic mass is 10.00. The fourth-order valence-electron chi connectivity index (χ4n) is 2.71. The van der Waals surface area contributed by atoms with Crippen molar-refractivity contribution >= 4 is 0 Å². The Bertz CT molecular complexity index is 545. The van der Waals surface area contributed by atoms with Crippen molar-refractivity contribution in [3.8, 4) is 0 Å². The standard InChI is InChI=1S/C18H18O3/c1-3-7-15(8-4-1)17(13-20-17)11-19-12-18(14-21-18)16-9-5-2-6-10-16/h1-10H,11-14H2. The maximum absolute atomic E-state index is 5.95. The zero-order chi connectivity index (χ0) is 14.2. The second kappa shape index (κ2) is 4.95. The van der Waals surface area contributed by atoms with Gasteiger partial charge in [0.2, 0.25) is 0 Å². The van der Waals surface area contributed by atoms with Crippen molar-refractivity contribution in [3.05, 3.63) is 71.8 Å². The Labute approximate surface area is 124 Å². The quantitative estimate of drug-likeness (QED) is 0.764. The minimum Gasteiger partial charge on any atom is -0.375 e. The first kappa shape index (κ1) is 13.0. The summed E-state index contributed by atoms with van der Waals surface area (Å²) in [7, 11) is 0. The van der Waals surface area contributed by atoms with E-state index in [0.717, 1.165) is 13.2 Å². The molecule has 0 saturated carbocycles. The molecule has 0 aliphatic carbocycles. The fourth-order valence-corrected chi connectivity index (χ4v) is 2.71. The third-order valence-electron chi connectivity index (χ3n) is 4.26. The summed E-state index contributed by atoms with van der Waals surface area (Å²) in [5.74, 6) is 0. The van der Waals surface area contributed by atoms with Gasteiger partial charge in [0.15, 0.2) is 0 Å². The van der Waals surface area contributed by atoms with Crippen LogP contribution in [0.3, 0.4) is 0 Å². The first-order valence-electron chi connectivity index (χ1n) is 7.30. The van der Waals surface area contributed by atoms with Crippen LogP contribution in [0.2, 0.25) is 0 Å². The van der Waals surface area contributed by atoms with E-state index in [0.29, 0.717) is 13.2 Å². The molecule has 108 valence electrons. The highest BCUT2D eigenvalue weighted by atomic mass is 16.6. The molecule has 0 spiro atoms. The molecule has 2 fully saturated rings. The Morgan fingerprint density at radius 1 is 0.714 bits per heavy atom. The highest BCUT2D eigenvalue weighted by Crippen LogP contribution is 2.42. The lowest BCUT2D eigenvalue weighted by Crippen LogP contribution is -2.23. The van der Waals surface area contributed by atoms with Crippen molar-refractivity contribution in [1.29, 1.82) is 0 Å². The second-order valence-electron chi connectivity index (χ2n) is 5.79. The van der Waals surface area contributed by atoms with E-state index in [-0.39, 0.29) is 11.2 Å². The van der Waals surface area contributed by atoms with Gasteiger partial charge in [-0.25, -0.2) is 0 Å². The Morgan fingerprint density at radius 2 is 1.10 bits per heavy atom. The van der Waals surface area contributed by atoms with Crippen LogP contribution in [-0.2, 0) is 25.4 Å². The SMILES string of the molecule is c1ccc(C2(COCC3(c4ccccc4)CO3)CO2)cc1. The van der Waals surface area contributed by atoms with Crippen molar-refractivity contribution in [3.63, 3.8) is 0 Å². The summed E-state index contributed by atoms with van der Waals surface area (Å²) in [5, 5.41) is 0. The summed E-state index contributed by atoms with van der Waals surface area (Å²) in [5.41, 5.74) is 1.90. The Kier molecular flexibility index (Phi) is 3.07. The van der Waals surface area contributed by atoms with Gasteiger partial charge in [0.1, 0.15) is 11.2 Å². The van der Waals surface area contributed by atoms with Gasteiger partial charge in [-0.1, -0.05) is 60.7 Å². The number of ether oxygens (including phenoxy) is 3. The third-order valence-corrected chi connectivity index (χ3v) is 4.26. The summed E-state index contributed by atoms with van der Waals surface area (Å²) < 4.78 is 17.3. The monoisotopic (exact) mass is 282 g/mol. The van der Waals surface area contributed by atoms with Crippen LogP contribution in [0.25, 0.3) is 0 Å². The molecule has 2 saturated heterocycles. The predicted molar refractivity (Wildman–Crippen MR) is 79.0 cm³/mol. The van der Waals surface area contributed by atoms with E-state index in [1.165, 1.54) is 11.1 Å². The number of hydrogen-bond acceptors (Lipinski definition) is 3. The molecule has 21 heavy (non-hydrogen) atoms. The van der Waals surface area contributed by atoms with Crippen molar-refractivity contribution < 1.29 is 14.2 Å². The number of epoxide rings is 2. The van der Waals surface area contributed by atoms with Crippen LogP contribution in [-0.4, -0.2) is 26.4 Å². The lowest BCUT2D eigenvalue weighted by molar-refractivity contribution is 0.0403. The van der Waals surface area contributed by atoms with E-state index >= 15 is 0 Å². The molecule has 2 aliphatic heterocycles. The Morgan fingerprint density at radius 3 is 1.43 bits per heavy atom. The summed E-state index contributed by atoms with van der Waals surface area (Å²) in [6, 6.07) is 20.6. The first-order valence-corrected chi connectivity index (χ1v) is 7.30. The molecule has 0 bridgehead atoms. The van der Waals surface area contributed by atoms with Crippen molar-refractivity contribution in [2.45, 2.75) is 11.2 Å². The summed E-state index contributed by atoms with van der Waals surface area (Å²) >= 11 is 0. The summed E-state index contributed by atoms with van der Waals surface area (Å²) in [6.45, 7) is 2.62. The van der Waals surface area contributed by atoms with Gasteiger partial charge >= 0.3 is 0 Å². The highest BCUT2D eigenvalue weighted by Gasteiger charge is 2.50. The normalized spacial score (nSPS) is 30.1. The van der Waals surface area contributed by atoms with Gasteiger partial charge in [-0.3, -0.25) is 0 Å². The predicted octanol–water partition coefficient (Wildman–Crippen LogP) is 2.85. The van der Waals surface area contributed by atoms with Crippen LogP contribution in [0.1, 0.15) is 11.1 Å².